The van der Waals surface area contributed by atoms with Gasteiger partial charge in [-0.1, -0.05) is 6.07 Å². The van der Waals surface area contributed by atoms with Gasteiger partial charge < -0.3 is 14.8 Å². The van der Waals surface area contributed by atoms with Crippen molar-refractivity contribution in [3.05, 3.63) is 83.9 Å². The summed E-state index contributed by atoms with van der Waals surface area (Å²) in [7, 11) is 0.439. The number of carbonyl (C=O) groups excluding carboxylic acids is 2. The molecule has 8 nitrogen and oxygen atoms in total. The highest BCUT2D eigenvalue weighted by Gasteiger charge is 2.21. The highest BCUT2D eigenvalue weighted by atomic mass is 32.2. The summed E-state index contributed by atoms with van der Waals surface area (Å²) in [4.78, 5) is 24.3. The number of methoxy groups -OCH3 is 2. The second-order valence-corrected chi connectivity index (χ2v) is 8.69. The average Bonchev–Trinajstić information content (AvgIpc) is 2.83. The second kappa shape index (κ2) is 9.52. The Bertz CT molecular complexity index is 1220. The van der Waals surface area contributed by atoms with E-state index in [0.29, 0.717) is 28.3 Å². The molecule has 9 heteroatoms. The Kier molecular flexibility index (Phi) is 6.79. The number of hydrogen-bond acceptors (Lipinski definition) is 6. The molecule has 0 unspecified atom stereocenters. The molecule has 0 saturated carbocycles. The quantitative estimate of drug-likeness (QED) is 0.548. The summed E-state index contributed by atoms with van der Waals surface area (Å²) in [6.45, 7) is 0. The standard InChI is InChI=1S/C23H22N2O6S/c1-25(32(28,29)21-13-11-20(30-2)12-14-21)19-9-7-16(8-10-19)22(26)24-18-6-4-5-17(15-18)23(27)31-3/h4-15H,1-3H3,(H,24,26). The molecule has 0 bridgehead atoms. The van der Waals surface area contributed by atoms with Crippen LogP contribution >= 0.6 is 0 Å². The van der Waals surface area contributed by atoms with E-state index in [1.54, 1.807) is 42.5 Å². The van der Waals surface area contributed by atoms with Crippen LogP contribution in [0.1, 0.15) is 20.7 Å². The number of carbonyl (C=O) groups is 2. The topological polar surface area (TPSA) is 102 Å². The van der Waals surface area contributed by atoms with Crippen molar-refractivity contribution in [1.82, 2.24) is 0 Å². The number of amides is 1. The van der Waals surface area contributed by atoms with Gasteiger partial charge in [0.25, 0.3) is 15.9 Å². The van der Waals surface area contributed by atoms with Crippen molar-refractivity contribution in [3.8, 4) is 5.75 Å². The van der Waals surface area contributed by atoms with Gasteiger partial charge in [-0.3, -0.25) is 9.10 Å². The fourth-order valence-electron chi connectivity index (χ4n) is 2.91. The van der Waals surface area contributed by atoms with Crippen LogP contribution in [0.2, 0.25) is 0 Å². The SMILES string of the molecule is COC(=O)c1cccc(NC(=O)c2ccc(N(C)S(=O)(=O)c3ccc(OC)cc3)cc2)c1. The number of ether oxygens (including phenoxy) is 2. The van der Waals surface area contributed by atoms with E-state index in [-0.39, 0.29) is 4.90 Å². The lowest BCUT2D eigenvalue weighted by Crippen LogP contribution is -2.26. The molecular weight excluding hydrogens is 432 g/mol. The summed E-state index contributed by atoms with van der Waals surface area (Å²) in [5, 5.41) is 2.70. The smallest absolute Gasteiger partial charge is 0.337 e. The van der Waals surface area contributed by atoms with Crippen molar-refractivity contribution < 1.29 is 27.5 Å². The summed E-state index contributed by atoms with van der Waals surface area (Å²) in [6.07, 6.45) is 0. The summed E-state index contributed by atoms with van der Waals surface area (Å²) in [5.74, 6) is -0.357. The normalized spacial score (nSPS) is 10.8. The third kappa shape index (κ3) is 4.89. The van der Waals surface area contributed by atoms with Crippen molar-refractivity contribution in [1.29, 1.82) is 0 Å². The Morgan fingerprint density at radius 3 is 2.12 bits per heavy atom. The first-order chi connectivity index (χ1) is 15.3. The van der Waals surface area contributed by atoms with Gasteiger partial charge in [-0.25, -0.2) is 13.2 Å². The molecular formula is C23H22N2O6S. The first-order valence-electron chi connectivity index (χ1n) is 9.49. The number of sulfonamides is 1. The van der Waals surface area contributed by atoms with Crippen molar-refractivity contribution in [2.24, 2.45) is 0 Å². The maximum Gasteiger partial charge on any atom is 0.337 e. The number of benzene rings is 3. The van der Waals surface area contributed by atoms with Gasteiger partial charge in [-0.15, -0.1) is 0 Å². The van der Waals surface area contributed by atoms with E-state index in [1.807, 2.05) is 0 Å². The number of esters is 1. The van der Waals surface area contributed by atoms with Crippen molar-refractivity contribution >= 4 is 33.3 Å². The van der Waals surface area contributed by atoms with Gasteiger partial charge in [0.2, 0.25) is 0 Å². The number of hydrogen-bond donors (Lipinski definition) is 1. The van der Waals surface area contributed by atoms with Gasteiger partial charge in [0.15, 0.2) is 0 Å². The first kappa shape index (κ1) is 22.8. The molecule has 0 aliphatic carbocycles. The molecule has 0 aromatic heterocycles. The minimum absolute atomic E-state index is 0.119. The van der Waals surface area contributed by atoms with Gasteiger partial charge in [0.05, 0.1) is 30.4 Å². The molecule has 3 aromatic carbocycles. The Morgan fingerprint density at radius 1 is 0.875 bits per heavy atom. The maximum atomic E-state index is 12.9. The number of anilines is 2. The summed E-state index contributed by atoms with van der Waals surface area (Å²) in [5.41, 5.74) is 1.46. The van der Waals surface area contributed by atoms with Crippen molar-refractivity contribution in [3.63, 3.8) is 0 Å². The van der Waals surface area contributed by atoms with Crippen LogP contribution in [-0.4, -0.2) is 41.6 Å². The number of rotatable bonds is 7. The van der Waals surface area contributed by atoms with Crippen LogP contribution in [0, 0.1) is 0 Å². The zero-order valence-electron chi connectivity index (χ0n) is 17.7. The third-order valence-corrected chi connectivity index (χ3v) is 6.55. The van der Waals surface area contributed by atoms with Gasteiger partial charge >= 0.3 is 5.97 Å². The van der Waals surface area contributed by atoms with Crippen LogP contribution in [0.25, 0.3) is 0 Å². The van der Waals surface area contributed by atoms with Gasteiger partial charge in [0, 0.05) is 18.3 Å². The molecule has 0 aliphatic heterocycles. The molecule has 1 N–H and O–H groups in total. The van der Waals surface area contributed by atoms with Gasteiger partial charge in [-0.05, 0) is 66.7 Å². The molecule has 0 saturated heterocycles. The largest absolute Gasteiger partial charge is 0.497 e. The monoisotopic (exact) mass is 454 g/mol. The zero-order chi connectivity index (χ0) is 23.3. The molecule has 0 radical (unpaired) electrons. The van der Waals surface area contributed by atoms with E-state index < -0.39 is 21.9 Å². The Morgan fingerprint density at radius 2 is 1.53 bits per heavy atom. The van der Waals surface area contributed by atoms with E-state index in [2.05, 4.69) is 10.1 Å². The maximum absolute atomic E-state index is 12.9. The summed E-state index contributed by atoms with van der Waals surface area (Å²) in [6, 6.07) is 18.6. The highest BCUT2D eigenvalue weighted by Crippen LogP contribution is 2.24. The lowest BCUT2D eigenvalue weighted by Gasteiger charge is -2.20. The number of nitrogens with one attached hydrogen (secondary N) is 1. The minimum atomic E-state index is -3.78. The molecule has 3 aromatic rings. The summed E-state index contributed by atoms with van der Waals surface area (Å²) < 4.78 is 36.6. The van der Waals surface area contributed by atoms with Crippen LogP contribution in [0.15, 0.2) is 77.7 Å². The van der Waals surface area contributed by atoms with Crippen molar-refractivity contribution in [2.75, 3.05) is 30.9 Å². The average molecular weight is 455 g/mol. The molecule has 166 valence electrons. The lowest BCUT2D eigenvalue weighted by atomic mass is 10.1. The van der Waals surface area contributed by atoms with Crippen LogP contribution in [0.5, 0.6) is 5.75 Å². The number of nitrogens with zero attached hydrogens (tertiary/aromatic N) is 1. The Balaban J connectivity index is 1.75. The van der Waals surface area contributed by atoms with Crippen LogP contribution < -0.4 is 14.4 Å². The summed E-state index contributed by atoms with van der Waals surface area (Å²) >= 11 is 0. The van der Waals surface area contributed by atoms with Crippen LogP contribution in [0.4, 0.5) is 11.4 Å². The van der Waals surface area contributed by atoms with Crippen molar-refractivity contribution in [2.45, 2.75) is 4.90 Å². The predicted octanol–water partition coefficient (Wildman–Crippen LogP) is 3.56. The molecule has 0 spiro atoms. The molecule has 0 heterocycles. The Hall–Kier alpha value is -3.85. The lowest BCUT2D eigenvalue weighted by molar-refractivity contribution is 0.0600. The molecule has 0 fully saturated rings. The second-order valence-electron chi connectivity index (χ2n) is 6.72. The molecule has 32 heavy (non-hydrogen) atoms. The minimum Gasteiger partial charge on any atom is -0.497 e. The highest BCUT2D eigenvalue weighted by molar-refractivity contribution is 7.92. The fraction of sp³-hybridized carbons (Fsp3) is 0.130. The Labute approximate surface area is 186 Å². The first-order valence-corrected chi connectivity index (χ1v) is 10.9. The van der Waals surface area contributed by atoms with E-state index in [9.17, 15) is 18.0 Å². The van der Waals surface area contributed by atoms with E-state index in [4.69, 9.17) is 4.74 Å². The van der Waals surface area contributed by atoms with Gasteiger partial charge in [-0.2, -0.15) is 0 Å². The van der Waals surface area contributed by atoms with E-state index in [0.717, 1.165) is 4.31 Å². The zero-order valence-corrected chi connectivity index (χ0v) is 18.5. The van der Waals surface area contributed by atoms with E-state index >= 15 is 0 Å². The van der Waals surface area contributed by atoms with Crippen LogP contribution in [0.3, 0.4) is 0 Å². The van der Waals surface area contributed by atoms with Crippen LogP contribution in [-0.2, 0) is 14.8 Å². The van der Waals surface area contributed by atoms with E-state index in [1.165, 1.54) is 51.6 Å². The molecule has 3 rings (SSSR count). The molecule has 0 atom stereocenters. The molecule has 0 aliphatic rings. The molecule has 1 amide bonds. The third-order valence-electron chi connectivity index (χ3n) is 4.75. The predicted molar refractivity (Wildman–Crippen MR) is 121 cm³/mol. The fourth-order valence-corrected chi connectivity index (χ4v) is 4.11. The van der Waals surface area contributed by atoms with Gasteiger partial charge in [0.1, 0.15) is 5.75 Å².